The van der Waals surface area contributed by atoms with Crippen LogP contribution in [0.15, 0.2) is 0 Å². The highest BCUT2D eigenvalue weighted by atomic mass is 32.1. The van der Waals surface area contributed by atoms with Gasteiger partial charge in [-0.3, -0.25) is 4.79 Å². The molecule has 0 bridgehead atoms. The summed E-state index contributed by atoms with van der Waals surface area (Å²) in [6, 6.07) is 0. The lowest BCUT2D eigenvalue weighted by atomic mass is 10.00. The molecular weight excluding hydrogens is 168 g/mol. The summed E-state index contributed by atoms with van der Waals surface area (Å²) in [6.45, 7) is 4.25. The molecule has 0 fully saturated rings. The van der Waals surface area contributed by atoms with Crippen molar-refractivity contribution in [3.05, 3.63) is 0 Å². The minimum Gasteiger partial charge on any atom is -0.287 e. The lowest BCUT2D eigenvalue weighted by Crippen LogP contribution is -2.06. The Labute approximate surface area is 81.3 Å². The standard InChI is InChI=1S/C10H20OS/c1-3-5-6-7-8-9(4-2)10(11)12/h9H,3-8H2,1-2H3,(H,11,12). The zero-order valence-electron chi connectivity index (χ0n) is 8.18. The van der Waals surface area contributed by atoms with Crippen LogP contribution in [-0.4, -0.2) is 5.12 Å². The number of carbonyl (C=O) groups is 1. The molecule has 0 heterocycles. The fourth-order valence-corrected chi connectivity index (χ4v) is 1.63. The number of hydrogen-bond donors (Lipinski definition) is 1. The van der Waals surface area contributed by atoms with Crippen LogP contribution in [-0.2, 0) is 4.79 Å². The molecule has 2 heteroatoms. The molecule has 0 aromatic carbocycles. The zero-order valence-corrected chi connectivity index (χ0v) is 9.07. The van der Waals surface area contributed by atoms with Crippen molar-refractivity contribution >= 4 is 17.7 Å². The van der Waals surface area contributed by atoms with Crippen molar-refractivity contribution in [3.8, 4) is 0 Å². The Hall–Kier alpha value is 0.0200. The van der Waals surface area contributed by atoms with E-state index >= 15 is 0 Å². The van der Waals surface area contributed by atoms with Gasteiger partial charge in [0.05, 0.1) is 0 Å². The summed E-state index contributed by atoms with van der Waals surface area (Å²) < 4.78 is 0. The van der Waals surface area contributed by atoms with Crippen LogP contribution in [0.1, 0.15) is 52.4 Å². The minimum atomic E-state index is 0.0639. The molecule has 1 nitrogen and oxygen atoms in total. The molecule has 1 unspecified atom stereocenters. The molecule has 0 rings (SSSR count). The summed E-state index contributed by atoms with van der Waals surface area (Å²) in [5.41, 5.74) is 0. The summed E-state index contributed by atoms with van der Waals surface area (Å²) in [5.74, 6) is 0.199. The first-order chi connectivity index (χ1) is 5.72. The van der Waals surface area contributed by atoms with Gasteiger partial charge < -0.3 is 0 Å². The highest BCUT2D eigenvalue weighted by Gasteiger charge is 2.11. The fourth-order valence-electron chi connectivity index (χ4n) is 1.32. The van der Waals surface area contributed by atoms with Gasteiger partial charge in [0.15, 0.2) is 5.12 Å². The lowest BCUT2D eigenvalue weighted by molar-refractivity contribution is -0.114. The van der Waals surface area contributed by atoms with E-state index in [0.717, 1.165) is 12.8 Å². The lowest BCUT2D eigenvalue weighted by Gasteiger charge is -2.08. The van der Waals surface area contributed by atoms with Crippen molar-refractivity contribution in [1.29, 1.82) is 0 Å². The molecular formula is C10H20OS. The third-order valence-electron chi connectivity index (χ3n) is 2.25. The molecule has 0 amide bonds. The maximum absolute atomic E-state index is 10.9. The van der Waals surface area contributed by atoms with Gasteiger partial charge in [-0.05, 0) is 12.8 Å². The average molecular weight is 188 g/mol. The van der Waals surface area contributed by atoms with Crippen molar-refractivity contribution in [2.45, 2.75) is 52.4 Å². The molecule has 72 valence electrons. The first-order valence-corrected chi connectivity index (χ1v) is 5.39. The fraction of sp³-hybridized carbons (Fsp3) is 0.900. The summed E-state index contributed by atoms with van der Waals surface area (Å²) in [6.07, 6.45) is 6.95. The quantitative estimate of drug-likeness (QED) is 0.478. The van der Waals surface area contributed by atoms with Gasteiger partial charge >= 0.3 is 0 Å². The maximum Gasteiger partial charge on any atom is 0.188 e. The molecule has 0 radical (unpaired) electrons. The molecule has 0 spiro atoms. The number of rotatable bonds is 7. The molecule has 0 saturated heterocycles. The second kappa shape index (κ2) is 7.66. The predicted molar refractivity (Wildman–Crippen MR) is 56.5 cm³/mol. The van der Waals surface area contributed by atoms with Gasteiger partial charge in [-0.2, -0.15) is 0 Å². The second-order valence-electron chi connectivity index (χ2n) is 3.29. The number of thiol groups is 1. The smallest absolute Gasteiger partial charge is 0.188 e. The van der Waals surface area contributed by atoms with E-state index in [1.54, 1.807) is 0 Å². The highest BCUT2D eigenvalue weighted by Crippen LogP contribution is 2.16. The van der Waals surface area contributed by atoms with Gasteiger partial charge in [0.1, 0.15) is 0 Å². The van der Waals surface area contributed by atoms with E-state index in [0.29, 0.717) is 0 Å². The number of hydrogen-bond acceptors (Lipinski definition) is 1. The minimum absolute atomic E-state index is 0.0639. The molecule has 0 saturated carbocycles. The molecule has 12 heavy (non-hydrogen) atoms. The molecule has 0 aliphatic rings. The Morgan fingerprint density at radius 1 is 1.25 bits per heavy atom. The number of unbranched alkanes of at least 4 members (excludes halogenated alkanes) is 3. The molecule has 0 aliphatic heterocycles. The first kappa shape index (κ1) is 12.0. The van der Waals surface area contributed by atoms with E-state index < -0.39 is 0 Å². The summed E-state index contributed by atoms with van der Waals surface area (Å²) in [4.78, 5) is 10.9. The Kier molecular flexibility index (Phi) is 7.67. The molecule has 0 N–H and O–H groups in total. The van der Waals surface area contributed by atoms with Crippen LogP contribution in [0.2, 0.25) is 0 Å². The first-order valence-electron chi connectivity index (χ1n) is 4.95. The normalized spacial score (nSPS) is 12.9. The van der Waals surface area contributed by atoms with Gasteiger partial charge in [-0.1, -0.05) is 39.5 Å². The Morgan fingerprint density at radius 2 is 1.92 bits per heavy atom. The third kappa shape index (κ3) is 5.64. The SMILES string of the molecule is CCCCCCC(CC)C(=O)S. The zero-order chi connectivity index (χ0) is 9.40. The van der Waals surface area contributed by atoms with E-state index in [1.165, 1.54) is 25.7 Å². The van der Waals surface area contributed by atoms with E-state index in [9.17, 15) is 4.79 Å². The summed E-state index contributed by atoms with van der Waals surface area (Å²) in [7, 11) is 0. The maximum atomic E-state index is 10.9. The van der Waals surface area contributed by atoms with Crippen molar-refractivity contribution in [2.75, 3.05) is 0 Å². The summed E-state index contributed by atoms with van der Waals surface area (Å²) >= 11 is 3.86. The predicted octanol–water partition coefficient (Wildman–Crippen LogP) is 3.44. The molecule has 0 aliphatic carbocycles. The Balaban J connectivity index is 3.38. The van der Waals surface area contributed by atoms with Gasteiger partial charge in [0.2, 0.25) is 0 Å². The van der Waals surface area contributed by atoms with Crippen LogP contribution in [0.3, 0.4) is 0 Å². The topological polar surface area (TPSA) is 17.1 Å². The van der Waals surface area contributed by atoms with Crippen molar-refractivity contribution < 1.29 is 4.79 Å². The van der Waals surface area contributed by atoms with Gasteiger partial charge in [-0.15, -0.1) is 12.6 Å². The molecule has 1 atom stereocenters. The van der Waals surface area contributed by atoms with Gasteiger partial charge in [-0.25, -0.2) is 0 Å². The second-order valence-corrected chi connectivity index (χ2v) is 3.73. The van der Waals surface area contributed by atoms with Gasteiger partial charge in [0, 0.05) is 5.92 Å². The van der Waals surface area contributed by atoms with Crippen LogP contribution in [0.4, 0.5) is 0 Å². The molecule has 0 aromatic rings. The average Bonchev–Trinajstić information content (AvgIpc) is 2.04. The van der Waals surface area contributed by atoms with Gasteiger partial charge in [0.25, 0.3) is 0 Å². The Bertz CT molecular complexity index is 123. The van der Waals surface area contributed by atoms with E-state index in [4.69, 9.17) is 0 Å². The van der Waals surface area contributed by atoms with Crippen LogP contribution < -0.4 is 0 Å². The van der Waals surface area contributed by atoms with Crippen LogP contribution in [0.5, 0.6) is 0 Å². The number of carbonyl (C=O) groups excluding carboxylic acids is 1. The van der Waals surface area contributed by atoms with E-state index in [2.05, 4.69) is 26.5 Å². The monoisotopic (exact) mass is 188 g/mol. The van der Waals surface area contributed by atoms with Crippen LogP contribution in [0, 0.1) is 5.92 Å². The van der Waals surface area contributed by atoms with Crippen LogP contribution in [0.25, 0.3) is 0 Å². The Morgan fingerprint density at radius 3 is 2.33 bits per heavy atom. The van der Waals surface area contributed by atoms with E-state index in [-0.39, 0.29) is 11.0 Å². The van der Waals surface area contributed by atoms with Crippen molar-refractivity contribution in [3.63, 3.8) is 0 Å². The van der Waals surface area contributed by atoms with Crippen molar-refractivity contribution in [2.24, 2.45) is 5.92 Å². The van der Waals surface area contributed by atoms with Crippen LogP contribution >= 0.6 is 12.6 Å². The third-order valence-corrected chi connectivity index (χ3v) is 2.61. The largest absolute Gasteiger partial charge is 0.287 e. The highest BCUT2D eigenvalue weighted by molar-refractivity contribution is 7.96. The summed E-state index contributed by atoms with van der Waals surface area (Å²) in [5, 5.41) is 0.0639. The van der Waals surface area contributed by atoms with Crippen molar-refractivity contribution in [1.82, 2.24) is 0 Å². The van der Waals surface area contributed by atoms with E-state index in [1.807, 2.05) is 0 Å². The molecule has 0 aromatic heterocycles.